The molecule has 2 aromatic rings. The monoisotopic (exact) mass is 294 g/mol. The molecule has 0 atom stereocenters. The van der Waals surface area contributed by atoms with E-state index in [9.17, 15) is 0 Å². The molecule has 0 saturated heterocycles. The van der Waals surface area contributed by atoms with Crippen molar-refractivity contribution < 1.29 is 0 Å². The summed E-state index contributed by atoms with van der Waals surface area (Å²) in [6, 6.07) is 5.88. The van der Waals surface area contributed by atoms with Crippen molar-refractivity contribution in [1.29, 1.82) is 0 Å². The second-order valence-corrected chi connectivity index (χ2v) is 5.37. The Hall–Kier alpha value is 0.240. The smallest absolute Gasteiger partial charge is 0.0940 e. The molecule has 4 heteroatoms. The zero-order valence-electron chi connectivity index (χ0n) is 6.48. The van der Waals surface area contributed by atoms with Crippen molar-refractivity contribution in [3.63, 3.8) is 0 Å². The molecule has 0 aliphatic carbocycles. The van der Waals surface area contributed by atoms with E-state index in [1.165, 1.54) is 10.9 Å². The van der Waals surface area contributed by atoms with Crippen LogP contribution in [0.1, 0.15) is 5.56 Å². The van der Waals surface area contributed by atoms with E-state index in [2.05, 4.69) is 15.9 Å². The molecule has 1 aromatic carbocycles. The molecule has 0 fully saturated rings. The summed E-state index contributed by atoms with van der Waals surface area (Å²) in [5.41, 5.74) is 1.19. The van der Waals surface area contributed by atoms with Gasteiger partial charge in [0.15, 0.2) is 0 Å². The average Bonchev–Trinajstić information content (AvgIpc) is 2.43. The molecule has 68 valence electrons. The highest BCUT2D eigenvalue weighted by Crippen LogP contribution is 2.34. The highest BCUT2D eigenvalue weighted by atomic mass is 79.9. The fourth-order valence-electron chi connectivity index (χ4n) is 1.25. The number of halogens is 3. The zero-order chi connectivity index (χ0) is 9.42. The highest BCUT2D eigenvalue weighted by Gasteiger charge is 2.05. The zero-order valence-corrected chi connectivity index (χ0v) is 10.4. The maximum atomic E-state index is 5.95. The van der Waals surface area contributed by atoms with E-state index in [4.69, 9.17) is 23.2 Å². The summed E-state index contributed by atoms with van der Waals surface area (Å²) in [6.45, 7) is 0. The van der Waals surface area contributed by atoms with Crippen molar-refractivity contribution in [1.82, 2.24) is 0 Å². The molecule has 0 radical (unpaired) electrons. The van der Waals surface area contributed by atoms with Crippen LogP contribution in [0.5, 0.6) is 0 Å². The minimum Gasteiger partial charge on any atom is -0.123 e. The van der Waals surface area contributed by atoms with Crippen LogP contribution in [0.4, 0.5) is 0 Å². The molecule has 0 amide bonds. The quantitative estimate of drug-likeness (QED) is 0.642. The van der Waals surface area contributed by atoms with Crippen LogP contribution in [-0.4, -0.2) is 0 Å². The van der Waals surface area contributed by atoms with Crippen LogP contribution in [-0.2, 0) is 5.33 Å². The lowest BCUT2D eigenvalue weighted by atomic mass is 10.1. The van der Waals surface area contributed by atoms with E-state index >= 15 is 0 Å². The van der Waals surface area contributed by atoms with Gasteiger partial charge in [-0.25, -0.2) is 0 Å². The minimum absolute atomic E-state index is 0.764. The second-order valence-electron chi connectivity index (χ2n) is 2.66. The molecule has 0 aliphatic rings. The standard InChI is InChI=1S/C9H5BrCl2S/c10-4-5-1-6(11)2-8-7(5)3-9(12)13-8/h1-3H,4H2. The summed E-state index contributed by atoms with van der Waals surface area (Å²) in [5.74, 6) is 0. The third-order valence-electron chi connectivity index (χ3n) is 1.80. The third-order valence-corrected chi connectivity index (χ3v) is 3.84. The van der Waals surface area contributed by atoms with Gasteiger partial charge in [0.25, 0.3) is 0 Å². The van der Waals surface area contributed by atoms with Gasteiger partial charge in [0.05, 0.1) is 4.34 Å². The normalized spacial score (nSPS) is 11.0. The fraction of sp³-hybridized carbons (Fsp3) is 0.111. The minimum atomic E-state index is 0.764. The lowest BCUT2D eigenvalue weighted by Crippen LogP contribution is -1.77. The van der Waals surface area contributed by atoms with Crippen LogP contribution in [0.15, 0.2) is 18.2 Å². The molecule has 13 heavy (non-hydrogen) atoms. The first kappa shape index (κ1) is 9.78. The molecule has 0 bridgehead atoms. The summed E-state index contributed by atoms with van der Waals surface area (Å²) in [4.78, 5) is 0. The van der Waals surface area contributed by atoms with Gasteiger partial charge in [-0.3, -0.25) is 0 Å². The average molecular weight is 296 g/mol. The third kappa shape index (κ3) is 1.86. The number of rotatable bonds is 1. The fourth-order valence-corrected chi connectivity index (χ4v) is 3.25. The van der Waals surface area contributed by atoms with Crippen LogP contribution >= 0.6 is 50.5 Å². The highest BCUT2D eigenvalue weighted by molar-refractivity contribution is 9.08. The van der Waals surface area contributed by atoms with Crippen molar-refractivity contribution in [2.75, 3.05) is 0 Å². The molecule has 0 nitrogen and oxygen atoms in total. The van der Waals surface area contributed by atoms with Crippen molar-refractivity contribution in [3.8, 4) is 0 Å². The number of fused-ring (bicyclic) bond motifs is 1. The Kier molecular flexibility index (Phi) is 2.84. The van der Waals surface area contributed by atoms with Gasteiger partial charge in [-0.1, -0.05) is 39.1 Å². The Morgan fingerprint density at radius 1 is 1.23 bits per heavy atom. The largest absolute Gasteiger partial charge is 0.123 e. The maximum Gasteiger partial charge on any atom is 0.0940 e. The lowest BCUT2D eigenvalue weighted by Gasteiger charge is -1.98. The lowest BCUT2D eigenvalue weighted by molar-refractivity contribution is 1.50. The Morgan fingerprint density at radius 2 is 2.00 bits per heavy atom. The number of alkyl halides is 1. The molecule has 2 rings (SSSR count). The van der Waals surface area contributed by atoms with Gasteiger partial charge in [0, 0.05) is 15.1 Å². The molecule has 0 aliphatic heterocycles. The van der Waals surface area contributed by atoms with Crippen molar-refractivity contribution in [2.45, 2.75) is 5.33 Å². The predicted octanol–water partition coefficient (Wildman–Crippen LogP) is 5.10. The summed E-state index contributed by atoms with van der Waals surface area (Å²) < 4.78 is 1.95. The van der Waals surface area contributed by atoms with Crippen LogP contribution in [0, 0.1) is 0 Å². The summed E-state index contributed by atoms with van der Waals surface area (Å²) >= 11 is 16.9. The predicted molar refractivity (Wildman–Crippen MR) is 64.5 cm³/mol. The van der Waals surface area contributed by atoms with Crippen LogP contribution in [0.2, 0.25) is 9.36 Å². The Bertz CT molecular complexity index is 450. The summed E-state index contributed by atoms with van der Waals surface area (Å²) in [5, 5.41) is 2.76. The number of hydrogen-bond acceptors (Lipinski definition) is 1. The molecular weight excluding hydrogens is 291 g/mol. The number of hydrogen-bond donors (Lipinski definition) is 0. The van der Waals surface area contributed by atoms with Gasteiger partial charge in [-0.2, -0.15) is 0 Å². The van der Waals surface area contributed by atoms with Gasteiger partial charge in [-0.15, -0.1) is 11.3 Å². The first-order valence-electron chi connectivity index (χ1n) is 3.64. The topological polar surface area (TPSA) is 0 Å². The second kappa shape index (κ2) is 3.77. The SMILES string of the molecule is Clc1cc(CBr)c2cc(Cl)sc2c1. The molecule has 0 saturated carbocycles. The van der Waals surface area contributed by atoms with Gasteiger partial charge < -0.3 is 0 Å². The van der Waals surface area contributed by atoms with E-state index in [1.54, 1.807) is 11.3 Å². The molecule has 0 spiro atoms. The van der Waals surface area contributed by atoms with Crippen LogP contribution in [0.25, 0.3) is 10.1 Å². The van der Waals surface area contributed by atoms with Gasteiger partial charge in [0.1, 0.15) is 0 Å². The van der Waals surface area contributed by atoms with E-state index in [0.29, 0.717) is 0 Å². The molecular formula is C9H5BrCl2S. The van der Waals surface area contributed by atoms with Crippen LogP contribution < -0.4 is 0 Å². The van der Waals surface area contributed by atoms with Gasteiger partial charge >= 0.3 is 0 Å². The molecule has 1 heterocycles. The summed E-state index contributed by atoms with van der Waals surface area (Å²) in [6.07, 6.45) is 0. The maximum absolute atomic E-state index is 5.95. The van der Waals surface area contributed by atoms with E-state index < -0.39 is 0 Å². The Labute approximate surface area is 98.6 Å². The van der Waals surface area contributed by atoms with Crippen molar-refractivity contribution in [3.05, 3.63) is 33.1 Å². The Morgan fingerprint density at radius 3 is 2.69 bits per heavy atom. The van der Waals surface area contributed by atoms with Gasteiger partial charge in [0.2, 0.25) is 0 Å². The molecule has 1 aromatic heterocycles. The number of benzene rings is 1. The Balaban J connectivity index is 2.80. The summed E-state index contributed by atoms with van der Waals surface area (Å²) in [7, 11) is 0. The van der Waals surface area contributed by atoms with E-state index in [1.807, 2.05) is 18.2 Å². The number of thiophene rings is 1. The van der Waals surface area contributed by atoms with E-state index in [0.717, 1.165) is 19.4 Å². The first-order valence-corrected chi connectivity index (χ1v) is 6.33. The van der Waals surface area contributed by atoms with Gasteiger partial charge in [-0.05, 0) is 29.1 Å². The molecule has 0 N–H and O–H groups in total. The van der Waals surface area contributed by atoms with Crippen LogP contribution in [0.3, 0.4) is 0 Å². The molecule has 0 unspecified atom stereocenters. The van der Waals surface area contributed by atoms with E-state index in [-0.39, 0.29) is 0 Å². The first-order chi connectivity index (χ1) is 6.20. The van der Waals surface area contributed by atoms with Crippen molar-refractivity contribution >= 4 is 60.6 Å². The van der Waals surface area contributed by atoms with Crippen molar-refractivity contribution in [2.24, 2.45) is 0 Å².